The Morgan fingerprint density at radius 3 is 3.05 bits per heavy atom. The van der Waals surface area contributed by atoms with Gasteiger partial charge in [-0.3, -0.25) is 4.90 Å². The van der Waals surface area contributed by atoms with Gasteiger partial charge in [0, 0.05) is 36.9 Å². The first-order valence-corrected chi connectivity index (χ1v) is 9.85. The average Bonchev–Trinajstić information content (AvgIpc) is 2.91. The van der Waals surface area contributed by atoms with E-state index in [0.717, 1.165) is 24.6 Å². The van der Waals surface area contributed by atoms with Gasteiger partial charge in [-0.2, -0.15) is 11.8 Å². The van der Waals surface area contributed by atoms with Crippen LogP contribution in [0.5, 0.6) is 0 Å². The number of hydrogen-bond acceptors (Lipinski definition) is 6. The van der Waals surface area contributed by atoms with Gasteiger partial charge in [-0.1, -0.05) is 0 Å². The summed E-state index contributed by atoms with van der Waals surface area (Å²) < 4.78 is 29.0. The van der Waals surface area contributed by atoms with E-state index < -0.39 is 9.84 Å². The van der Waals surface area contributed by atoms with Gasteiger partial charge in [0.1, 0.15) is 11.1 Å². The molecule has 20 heavy (non-hydrogen) atoms. The summed E-state index contributed by atoms with van der Waals surface area (Å²) in [4.78, 5) is 2.10. The molecule has 5 nitrogen and oxygen atoms in total. The Kier molecular flexibility index (Phi) is 5.54. The van der Waals surface area contributed by atoms with Gasteiger partial charge < -0.3 is 9.73 Å². The molecule has 114 valence electrons. The van der Waals surface area contributed by atoms with Crippen molar-refractivity contribution >= 4 is 21.6 Å². The van der Waals surface area contributed by atoms with Crippen LogP contribution in [0.25, 0.3) is 0 Å². The number of rotatable bonds is 6. The molecule has 0 saturated carbocycles. The molecule has 0 radical (unpaired) electrons. The summed E-state index contributed by atoms with van der Waals surface area (Å²) in [6.07, 6.45) is 2.99. The van der Waals surface area contributed by atoms with Crippen molar-refractivity contribution in [1.82, 2.24) is 10.2 Å². The summed E-state index contributed by atoms with van der Waals surface area (Å²) in [6, 6.07) is 3.97. The van der Waals surface area contributed by atoms with Gasteiger partial charge in [-0.15, -0.1) is 0 Å². The van der Waals surface area contributed by atoms with E-state index in [-0.39, 0.29) is 11.4 Å². The molecule has 1 N–H and O–H groups in total. The zero-order valence-electron chi connectivity index (χ0n) is 11.9. The maximum Gasteiger partial charge on any atom is 0.164 e. The maximum absolute atomic E-state index is 11.9. The Labute approximate surface area is 125 Å². The van der Waals surface area contributed by atoms with Crippen molar-refractivity contribution in [1.29, 1.82) is 0 Å². The molecule has 1 saturated heterocycles. The van der Waals surface area contributed by atoms with E-state index in [0.29, 0.717) is 12.3 Å². The summed E-state index contributed by atoms with van der Waals surface area (Å²) in [5.41, 5.74) is 0. The topological polar surface area (TPSA) is 62.6 Å². The molecule has 1 aromatic heterocycles. The fraction of sp³-hybridized carbons (Fsp3) is 0.692. The zero-order valence-corrected chi connectivity index (χ0v) is 13.5. The van der Waals surface area contributed by atoms with E-state index in [2.05, 4.69) is 17.1 Å². The summed E-state index contributed by atoms with van der Waals surface area (Å²) >= 11 is 1.72. The quantitative estimate of drug-likeness (QED) is 0.850. The molecule has 0 amide bonds. The van der Waals surface area contributed by atoms with Gasteiger partial charge in [-0.05, 0) is 19.1 Å². The Bertz CT molecular complexity index is 502. The van der Waals surface area contributed by atoms with Crippen molar-refractivity contribution in [3.63, 3.8) is 0 Å². The SMILES string of the molecule is CC(CNCc1ccco1)N1CCSCC1S(C)(=O)=O. The van der Waals surface area contributed by atoms with Gasteiger partial charge in [-0.25, -0.2) is 8.42 Å². The molecule has 2 unspecified atom stereocenters. The lowest BCUT2D eigenvalue weighted by molar-refractivity contribution is 0.199. The van der Waals surface area contributed by atoms with Gasteiger partial charge in [0.05, 0.1) is 12.8 Å². The van der Waals surface area contributed by atoms with Crippen LogP contribution in [0.3, 0.4) is 0 Å². The van der Waals surface area contributed by atoms with Crippen LogP contribution >= 0.6 is 11.8 Å². The lowest BCUT2D eigenvalue weighted by Gasteiger charge is -2.38. The van der Waals surface area contributed by atoms with Gasteiger partial charge >= 0.3 is 0 Å². The van der Waals surface area contributed by atoms with Crippen molar-refractivity contribution in [2.75, 3.05) is 30.9 Å². The first-order valence-electron chi connectivity index (χ1n) is 6.74. The number of thioether (sulfide) groups is 1. The minimum absolute atomic E-state index is 0.186. The van der Waals surface area contributed by atoms with Crippen molar-refractivity contribution in [3.8, 4) is 0 Å². The first-order chi connectivity index (χ1) is 9.48. The molecule has 1 aliphatic heterocycles. The van der Waals surface area contributed by atoms with Crippen LogP contribution in [0.4, 0.5) is 0 Å². The molecular formula is C13H22N2O3S2. The molecule has 1 aromatic rings. The highest BCUT2D eigenvalue weighted by Gasteiger charge is 2.33. The minimum atomic E-state index is -3.03. The summed E-state index contributed by atoms with van der Waals surface area (Å²) in [5.74, 6) is 2.56. The third-order valence-corrected chi connectivity index (χ3v) is 6.16. The highest BCUT2D eigenvalue weighted by Crippen LogP contribution is 2.22. The van der Waals surface area contributed by atoms with E-state index in [1.807, 2.05) is 12.1 Å². The van der Waals surface area contributed by atoms with E-state index in [4.69, 9.17) is 4.42 Å². The van der Waals surface area contributed by atoms with Gasteiger partial charge in [0.2, 0.25) is 0 Å². The number of furan rings is 1. The molecule has 7 heteroatoms. The Morgan fingerprint density at radius 2 is 2.40 bits per heavy atom. The van der Waals surface area contributed by atoms with Crippen molar-refractivity contribution < 1.29 is 12.8 Å². The largest absolute Gasteiger partial charge is 0.468 e. The van der Waals surface area contributed by atoms with Crippen LogP contribution in [0.2, 0.25) is 0 Å². The smallest absolute Gasteiger partial charge is 0.164 e. The van der Waals surface area contributed by atoms with E-state index in [9.17, 15) is 8.42 Å². The van der Waals surface area contributed by atoms with Crippen LogP contribution in [-0.2, 0) is 16.4 Å². The Morgan fingerprint density at radius 1 is 1.60 bits per heavy atom. The first kappa shape index (κ1) is 15.9. The van der Waals surface area contributed by atoms with Crippen LogP contribution < -0.4 is 5.32 Å². The lowest BCUT2D eigenvalue weighted by atomic mass is 10.2. The molecule has 1 aliphatic rings. The molecule has 2 rings (SSSR count). The maximum atomic E-state index is 11.9. The summed E-state index contributed by atoms with van der Waals surface area (Å²) in [6.45, 7) is 4.32. The van der Waals surface area contributed by atoms with Crippen LogP contribution in [0, 0.1) is 0 Å². The normalized spacial score (nSPS) is 22.8. The number of hydrogen-bond donors (Lipinski definition) is 1. The van der Waals surface area contributed by atoms with Crippen molar-refractivity contribution in [3.05, 3.63) is 24.2 Å². The number of nitrogens with one attached hydrogen (secondary N) is 1. The molecule has 0 aromatic carbocycles. The fourth-order valence-electron chi connectivity index (χ4n) is 2.40. The molecule has 0 bridgehead atoms. The molecule has 2 atom stereocenters. The fourth-order valence-corrected chi connectivity index (χ4v) is 5.38. The number of sulfone groups is 1. The summed E-state index contributed by atoms with van der Waals surface area (Å²) in [5, 5.41) is 2.96. The van der Waals surface area contributed by atoms with Gasteiger partial charge in [0.25, 0.3) is 0 Å². The van der Waals surface area contributed by atoms with Crippen LogP contribution in [0.15, 0.2) is 22.8 Å². The molecule has 0 aliphatic carbocycles. The molecule has 0 spiro atoms. The standard InChI is InChI=1S/C13H22N2O3S2/c1-11(8-14-9-12-4-3-6-18-12)15-5-7-19-10-13(15)20(2,16)17/h3-4,6,11,13-14H,5,7-10H2,1-2H3. The molecule has 1 fully saturated rings. The predicted molar refractivity (Wildman–Crippen MR) is 82.5 cm³/mol. The monoisotopic (exact) mass is 318 g/mol. The van der Waals surface area contributed by atoms with Crippen LogP contribution in [0.1, 0.15) is 12.7 Å². The predicted octanol–water partition coefficient (Wildman–Crippen LogP) is 1.18. The number of nitrogens with zero attached hydrogens (tertiary/aromatic N) is 1. The minimum Gasteiger partial charge on any atom is -0.468 e. The Balaban J connectivity index is 1.87. The third kappa shape index (κ3) is 4.25. The van der Waals surface area contributed by atoms with Gasteiger partial charge in [0.15, 0.2) is 9.84 Å². The highest BCUT2D eigenvalue weighted by molar-refractivity contribution is 8.00. The molecule has 2 heterocycles. The highest BCUT2D eigenvalue weighted by atomic mass is 32.2. The van der Waals surface area contributed by atoms with E-state index in [1.54, 1.807) is 18.0 Å². The van der Waals surface area contributed by atoms with Crippen LogP contribution in [-0.4, -0.2) is 55.6 Å². The van der Waals surface area contributed by atoms with E-state index in [1.165, 1.54) is 6.26 Å². The average molecular weight is 318 g/mol. The van der Waals surface area contributed by atoms with Crippen molar-refractivity contribution in [2.24, 2.45) is 0 Å². The Hall–Kier alpha value is -0.500. The third-order valence-electron chi connectivity index (χ3n) is 3.50. The lowest BCUT2D eigenvalue weighted by Crippen LogP contribution is -2.53. The van der Waals surface area contributed by atoms with E-state index >= 15 is 0 Å². The zero-order chi connectivity index (χ0) is 14.6. The second-order valence-electron chi connectivity index (χ2n) is 5.16. The second kappa shape index (κ2) is 6.98. The van der Waals surface area contributed by atoms with Crippen molar-refractivity contribution in [2.45, 2.75) is 24.9 Å². The molecular weight excluding hydrogens is 296 g/mol. The second-order valence-corrected chi connectivity index (χ2v) is 8.51. The summed E-state index contributed by atoms with van der Waals surface area (Å²) in [7, 11) is -3.03.